The normalized spacial score (nSPS) is 29.3. The molecule has 5 nitrogen and oxygen atoms in total. The van der Waals surface area contributed by atoms with Crippen LogP contribution in [0.15, 0.2) is 12.2 Å². The van der Waals surface area contributed by atoms with Crippen LogP contribution in [0.25, 0.3) is 0 Å². The molecule has 1 aliphatic carbocycles. The Labute approximate surface area is 118 Å². The number of esters is 1. The Kier molecular flexibility index (Phi) is 4.62. The summed E-state index contributed by atoms with van der Waals surface area (Å²) in [7, 11) is 1.16. The van der Waals surface area contributed by atoms with Gasteiger partial charge in [0.1, 0.15) is 0 Å². The molecule has 0 unspecified atom stereocenters. The molecule has 1 fully saturated rings. The highest BCUT2D eigenvalue weighted by atomic mass is 19.1. The number of ether oxygens (including phenoxy) is 1. The largest absolute Gasteiger partial charge is 0.467 e. The molecule has 0 aromatic carbocycles. The summed E-state index contributed by atoms with van der Waals surface area (Å²) in [6.45, 7) is 0.606. The van der Waals surface area contributed by atoms with E-state index in [1.807, 2.05) is 0 Å². The molecule has 2 amide bonds. The standard InChI is InChI=1S/C14H21FN2O3/c1-20-12(18)14(15)7-8-17(10-14)13(19)16-9-11-5-3-2-4-6-11/h2-3,11H,4-10H2,1H3,(H,16,19)/t11-,14-/m0/s1. The molecular formula is C14H21FN2O3. The first-order valence-corrected chi connectivity index (χ1v) is 7.00. The number of likely N-dealkylation sites (tertiary alicyclic amines) is 1. The molecule has 0 spiro atoms. The van der Waals surface area contributed by atoms with Crippen LogP contribution in [-0.2, 0) is 9.53 Å². The van der Waals surface area contributed by atoms with E-state index >= 15 is 0 Å². The number of allylic oxidation sites excluding steroid dienone is 2. The zero-order valence-electron chi connectivity index (χ0n) is 11.7. The maximum atomic E-state index is 14.2. The third-order valence-electron chi connectivity index (χ3n) is 3.98. The zero-order chi connectivity index (χ0) is 14.6. The summed E-state index contributed by atoms with van der Waals surface area (Å²) in [4.78, 5) is 24.7. The molecular weight excluding hydrogens is 263 g/mol. The minimum Gasteiger partial charge on any atom is -0.467 e. The summed E-state index contributed by atoms with van der Waals surface area (Å²) in [5.41, 5.74) is -2.06. The maximum Gasteiger partial charge on any atom is 0.345 e. The topological polar surface area (TPSA) is 58.6 Å². The minimum absolute atomic E-state index is 0.000734. The Hall–Kier alpha value is -1.59. The number of urea groups is 1. The van der Waals surface area contributed by atoms with Crippen molar-refractivity contribution in [3.8, 4) is 0 Å². The van der Waals surface area contributed by atoms with Crippen LogP contribution in [-0.4, -0.2) is 49.3 Å². The number of nitrogens with one attached hydrogen (secondary N) is 1. The predicted molar refractivity (Wildman–Crippen MR) is 71.9 cm³/mol. The SMILES string of the molecule is COC(=O)[C@]1(F)CCN(C(=O)NC[C@H]2CC=CCC2)C1. The van der Waals surface area contributed by atoms with Crippen LogP contribution in [0, 0.1) is 5.92 Å². The fourth-order valence-corrected chi connectivity index (χ4v) is 2.68. The van der Waals surface area contributed by atoms with Gasteiger partial charge in [-0.1, -0.05) is 12.2 Å². The number of carbonyl (C=O) groups is 2. The van der Waals surface area contributed by atoms with Crippen molar-refractivity contribution in [3.05, 3.63) is 12.2 Å². The van der Waals surface area contributed by atoms with E-state index in [-0.39, 0.29) is 25.5 Å². The number of halogens is 1. The van der Waals surface area contributed by atoms with Crippen molar-refractivity contribution in [1.29, 1.82) is 0 Å². The monoisotopic (exact) mass is 284 g/mol. The molecule has 1 N–H and O–H groups in total. The first-order chi connectivity index (χ1) is 9.55. The van der Waals surface area contributed by atoms with Crippen molar-refractivity contribution < 1.29 is 18.7 Å². The fraction of sp³-hybridized carbons (Fsp3) is 0.714. The Bertz CT molecular complexity index is 413. The van der Waals surface area contributed by atoms with Crippen LogP contribution >= 0.6 is 0 Å². The lowest BCUT2D eigenvalue weighted by Crippen LogP contribution is -2.44. The second-order valence-corrected chi connectivity index (χ2v) is 5.46. The smallest absolute Gasteiger partial charge is 0.345 e. The lowest BCUT2D eigenvalue weighted by Gasteiger charge is -2.22. The highest BCUT2D eigenvalue weighted by molar-refractivity contribution is 5.82. The third kappa shape index (κ3) is 3.29. The Balaban J connectivity index is 1.79. The summed E-state index contributed by atoms with van der Waals surface area (Å²) < 4.78 is 18.6. The van der Waals surface area contributed by atoms with Gasteiger partial charge in [-0.25, -0.2) is 14.0 Å². The molecule has 2 atom stereocenters. The van der Waals surface area contributed by atoms with E-state index in [4.69, 9.17) is 0 Å². The third-order valence-corrected chi connectivity index (χ3v) is 3.98. The van der Waals surface area contributed by atoms with Gasteiger partial charge in [-0.05, 0) is 25.2 Å². The number of amides is 2. The van der Waals surface area contributed by atoms with Crippen molar-refractivity contribution in [2.75, 3.05) is 26.7 Å². The molecule has 0 aromatic heterocycles. The van der Waals surface area contributed by atoms with Crippen LogP contribution < -0.4 is 5.32 Å². The van der Waals surface area contributed by atoms with Gasteiger partial charge in [0.05, 0.1) is 13.7 Å². The number of hydrogen-bond acceptors (Lipinski definition) is 3. The van der Waals surface area contributed by atoms with Gasteiger partial charge >= 0.3 is 12.0 Å². The van der Waals surface area contributed by atoms with E-state index in [0.29, 0.717) is 12.5 Å². The van der Waals surface area contributed by atoms with E-state index in [1.54, 1.807) is 0 Å². The van der Waals surface area contributed by atoms with Crippen molar-refractivity contribution in [3.63, 3.8) is 0 Å². The van der Waals surface area contributed by atoms with Gasteiger partial charge in [0, 0.05) is 19.5 Å². The Morgan fingerprint density at radius 3 is 2.95 bits per heavy atom. The molecule has 0 radical (unpaired) electrons. The van der Waals surface area contributed by atoms with Gasteiger partial charge in [-0.15, -0.1) is 0 Å². The van der Waals surface area contributed by atoms with Crippen molar-refractivity contribution in [2.24, 2.45) is 5.92 Å². The van der Waals surface area contributed by atoms with Gasteiger partial charge < -0.3 is 15.0 Å². The van der Waals surface area contributed by atoms with Crippen LogP contribution in [0.4, 0.5) is 9.18 Å². The highest BCUT2D eigenvalue weighted by Crippen LogP contribution is 2.27. The molecule has 1 heterocycles. The van der Waals surface area contributed by atoms with Crippen molar-refractivity contribution in [1.82, 2.24) is 10.2 Å². The summed E-state index contributed by atoms with van der Waals surface area (Å²) in [6.07, 6.45) is 7.34. The van der Waals surface area contributed by atoms with E-state index < -0.39 is 11.6 Å². The molecule has 1 saturated heterocycles. The molecule has 2 rings (SSSR count). The number of nitrogens with zero attached hydrogens (tertiary/aromatic N) is 1. The summed E-state index contributed by atoms with van der Waals surface area (Å²) in [6, 6.07) is -0.303. The van der Waals surface area contributed by atoms with Crippen molar-refractivity contribution >= 4 is 12.0 Å². The number of hydrogen-bond donors (Lipinski definition) is 1. The van der Waals surface area contributed by atoms with E-state index in [9.17, 15) is 14.0 Å². The first kappa shape index (κ1) is 14.8. The second-order valence-electron chi connectivity index (χ2n) is 5.46. The van der Waals surface area contributed by atoms with Crippen LogP contribution in [0.2, 0.25) is 0 Å². The quantitative estimate of drug-likeness (QED) is 0.633. The molecule has 0 aromatic rings. The number of carbonyl (C=O) groups excluding carboxylic acids is 2. The average Bonchev–Trinajstić information content (AvgIpc) is 2.89. The Morgan fingerprint density at radius 2 is 2.30 bits per heavy atom. The van der Waals surface area contributed by atoms with Crippen LogP contribution in [0.5, 0.6) is 0 Å². The zero-order valence-corrected chi connectivity index (χ0v) is 11.7. The number of methoxy groups -OCH3 is 1. The lowest BCUT2D eigenvalue weighted by molar-refractivity contribution is -0.153. The van der Waals surface area contributed by atoms with Gasteiger partial charge in [-0.3, -0.25) is 0 Å². The number of alkyl halides is 1. The highest BCUT2D eigenvalue weighted by Gasteiger charge is 2.47. The molecule has 1 aliphatic heterocycles. The lowest BCUT2D eigenvalue weighted by atomic mass is 9.94. The fourth-order valence-electron chi connectivity index (χ4n) is 2.68. The van der Waals surface area contributed by atoms with Crippen LogP contribution in [0.1, 0.15) is 25.7 Å². The van der Waals surface area contributed by atoms with Gasteiger partial charge in [0.2, 0.25) is 5.67 Å². The molecule has 6 heteroatoms. The summed E-state index contributed by atoms with van der Waals surface area (Å²) in [5.74, 6) is -0.451. The second kappa shape index (κ2) is 6.24. The number of rotatable bonds is 3. The molecule has 112 valence electrons. The van der Waals surface area contributed by atoms with E-state index in [1.165, 1.54) is 4.90 Å². The van der Waals surface area contributed by atoms with Crippen LogP contribution in [0.3, 0.4) is 0 Å². The molecule has 0 bridgehead atoms. The molecule has 20 heavy (non-hydrogen) atoms. The average molecular weight is 284 g/mol. The van der Waals surface area contributed by atoms with Crippen molar-refractivity contribution in [2.45, 2.75) is 31.4 Å². The maximum absolute atomic E-state index is 14.2. The summed E-state index contributed by atoms with van der Waals surface area (Å²) in [5, 5.41) is 2.82. The molecule has 2 aliphatic rings. The molecule has 0 saturated carbocycles. The Morgan fingerprint density at radius 1 is 1.50 bits per heavy atom. The van der Waals surface area contributed by atoms with Gasteiger partial charge in [-0.2, -0.15) is 0 Å². The predicted octanol–water partition coefficient (Wildman–Crippen LogP) is 1.64. The first-order valence-electron chi connectivity index (χ1n) is 7.00. The summed E-state index contributed by atoms with van der Waals surface area (Å²) >= 11 is 0. The van der Waals surface area contributed by atoms with E-state index in [0.717, 1.165) is 26.4 Å². The minimum atomic E-state index is -2.06. The van der Waals surface area contributed by atoms with E-state index in [2.05, 4.69) is 22.2 Å². The van der Waals surface area contributed by atoms with Gasteiger partial charge in [0.15, 0.2) is 0 Å². The van der Waals surface area contributed by atoms with Gasteiger partial charge in [0.25, 0.3) is 0 Å².